The summed E-state index contributed by atoms with van der Waals surface area (Å²) in [6, 6.07) is 9.87. The van der Waals surface area contributed by atoms with Gasteiger partial charge in [-0.2, -0.15) is 0 Å². The number of methoxy groups -OCH3 is 1. The Morgan fingerprint density at radius 3 is 2.69 bits per heavy atom. The van der Waals surface area contributed by atoms with E-state index >= 15 is 0 Å². The minimum absolute atomic E-state index is 0.266. The number of furan rings is 1. The summed E-state index contributed by atoms with van der Waals surface area (Å²) in [5.74, 6) is 0.446. The first kappa shape index (κ1) is 17.5. The lowest BCUT2D eigenvalue weighted by Crippen LogP contribution is -2.19. The molecule has 1 aromatic heterocycles. The van der Waals surface area contributed by atoms with E-state index < -0.39 is 4.92 Å². The molecule has 26 heavy (non-hydrogen) atoms. The first-order chi connectivity index (χ1) is 12.5. The normalized spacial score (nSPS) is 17.2. The third-order valence-corrected chi connectivity index (χ3v) is 4.18. The molecule has 9 heteroatoms. The molecule has 2 heterocycles. The molecule has 1 aliphatic rings. The van der Waals surface area contributed by atoms with Crippen molar-refractivity contribution in [3.63, 3.8) is 0 Å². The van der Waals surface area contributed by atoms with E-state index in [-0.39, 0.29) is 11.8 Å². The molecule has 132 valence electrons. The monoisotopic (exact) mass is 371 g/mol. The molecule has 0 bridgehead atoms. The van der Waals surface area contributed by atoms with Crippen molar-refractivity contribution in [2.45, 2.75) is 0 Å². The van der Waals surface area contributed by atoms with Crippen LogP contribution in [0.15, 0.2) is 62.9 Å². The zero-order chi connectivity index (χ0) is 18.5. The first-order valence-electron chi connectivity index (χ1n) is 7.40. The predicted octanol–water partition coefficient (Wildman–Crippen LogP) is 3.64. The highest BCUT2D eigenvalue weighted by Crippen LogP contribution is 2.27. The lowest BCUT2D eigenvalue weighted by Gasteiger charge is -1.99. The van der Waals surface area contributed by atoms with E-state index in [0.717, 1.165) is 5.75 Å². The molecule has 8 nitrogen and oxygen atoms in total. The second-order valence-corrected chi connectivity index (χ2v) is 6.02. The van der Waals surface area contributed by atoms with Gasteiger partial charge >= 0.3 is 5.88 Å². The Hall–Kier alpha value is -3.33. The Kier molecular flexibility index (Phi) is 5.18. The van der Waals surface area contributed by atoms with Gasteiger partial charge in [0.15, 0.2) is 5.17 Å². The van der Waals surface area contributed by atoms with Crippen molar-refractivity contribution in [2.75, 3.05) is 7.11 Å². The maximum Gasteiger partial charge on any atom is 0.433 e. The van der Waals surface area contributed by atoms with Gasteiger partial charge in [0, 0.05) is 0 Å². The van der Waals surface area contributed by atoms with Crippen molar-refractivity contribution in [1.82, 2.24) is 5.32 Å². The Morgan fingerprint density at radius 2 is 2.04 bits per heavy atom. The summed E-state index contributed by atoms with van der Waals surface area (Å²) < 4.78 is 10.1. The number of hydrogen-bond donors (Lipinski definition) is 1. The van der Waals surface area contributed by atoms with E-state index in [9.17, 15) is 14.9 Å². The van der Waals surface area contributed by atoms with Crippen LogP contribution in [-0.4, -0.2) is 23.1 Å². The lowest BCUT2D eigenvalue weighted by atomic mass is 10.3. The van der Waals surface area contributed by atoms with Crippen molar-refractivity contribution in [3.05, 3.63) is 69.3 Å². The van der Waals surface area contributed by atoms with Crippen LogP contribution in [0.2, 0.25) is 0 Å². The van der Waals surface area contributed by atoms with Gasteiger partial charge in [-0.15, -0.1) is 0 Å². The highest BCUT2D eigenvalue weighted by molar-refractivity contribution is 8.18. The molecule has 0 spiro atoms. The van der Waals surface area contributed by atoms with Gasteiger partial charge in [-0.3, -0.25) is 14.9 Å². The number of nitrogens with zero attached hydrogens (tertiary/aromatic N) is 2. The number of amidine groups is 1. The molecule has 1 aromatic carbocycles. The average molecular weight is 371 g/mol. The van der Waals surface area contributed by atoms with Crippen molar-refractivity contribution < 1.29 is 18.9 Å². The number of aliphatic imine (C=N–C) groups is 1. The third kappa shape index (κ3) is 4.19. The fraction of sp³-hybridized carbons (Fsp3) is 0.0588. The van der Waals surface area contributed by atoms with Crippen LogP contribution in [0.5, 0.6) is 5.75 Å². The number of ether oxygens (including phenoxy) is 1. The highest BCUT2D eigenvalue weighted by atomic mass is 32.2. The number of thioether (sulfide) groups is 1. The van der Waals surface area contributed by atoms with E-state index in [2.05, 4.69) is 10.3 Å². The minimum atomic E-state index is -0.613. The van der Waals surface area contributed by atoms with Crippen LogP contribution < -0.4 is 10.1 Å². The Morgan fingerprint density at radius 1 is 1.27 bits per heavy atom. The van der Waals surface area contributed by atoms with Gasteiger partial charge in [-0.05, 0) is 54.2 Å². The third-order valence-electron chi connectivity index (χ3n) is 3.25. The fourth-order valence-electron chi connectivity index (χ4n) is 2.03. The van der Waals surface area contributed by atoms with Crippen LogP contribution in [0.1, 0.15) is 5.76 Å². The zero-order valence-electron chi connectivity index (χ0n) is 13.5. The maximum absolute atomic E-state index is 12.0. The molecule has 0 aliphatic carbocycles. The van der Waals surface area contributed by atoms with Crippen LogP contribution in [-0.2, 0) is 4.79 Å². The number of rotatable bonds is 5. The van der Waals surface area contributed by atoms with Gasteiger partial charge in [-0.1, -0.05) is 6.08 Å². The van der Waals surface area contributed by atoms with Crippen LogP contribution in [0, 0.1) is 10.1 Å². The Balaban J connectivity index is 1.68. The molecule has 0 saturated carbocycles. The highest BCUT2D eigenvalue weighted by Gasteiger charge is 2.23. The van der Waals surface area contributed by atoms with Gasteiger partial charge in [-0.25, -0.2) is 4.99 Å². The molecule has 2 aromatic rings. The number of benzene rings is 1. The summed E-state index contributed by atoms with van der Waals surface area (Å²) >= 11 is 1.20. The largest absolute Gasteiger partial charge is 0.497 e. The molecule has 0 unspecified atom stereocenters. The van der Waals surface area contributed by atoms with Gasteiger partial charge in [0.25, 0.3) is 5.91 Å². The summed E-state index contributed by atoms with van der Waals surface area (Å²) in [6.07, 6.45) is 4.71. The predicted molar refractivity (Wildman–Crippen MR) is 98.3 cm³/mol. The maximum atomic E-state index is 12.0. The van der Waals surface area contributed by atoms with Crippen molar-refractivity contribution >= 4 is 40.5 Å². The van der Waals surface area contributed by atoms with Gasteiger partial charge in [0.1, 0.15) is 16.4 Å². The molecule has 1 aliphatic heterocycles. The number of hydrogen-bond acceptors (Lipinski definition) is 7. The van der Waals surface area contributed by atoms with E-state index in [1.165, 1.54) is 30.0 Å². The van der Waals surface area contributed by atoms with E-state index in [0.29, 0.717) is 21.5 Å². The second kappa shape index (κ2) is 7.70. The van der Waals surface area contributed by atoms with Crippen molar-refractivity contribution in [3.8, 4) is 5.75 Å². The SMILES string of the molecule is COc1ccc(N=C2NC(=O)/C(=C/C=C/c3ccc([N+](=O)[O-])o3)S2)cc1. The summed E-state index contributed by atoms with van der Waals surface area (Å²) in [5.41, 5.74) is 0.688. The summed E-state index contributed by atoms with van der Waals surface area (Å²) in [4.78, 5) is 26.7. The van der Waals surface area contributed by atoms with Gasteiger partial charge < -0.3 is 14.5 Å². The number of nitrogens with one attached hydrogen (secondary N) is 1. The Labute approximate surface area is 152 Å². The first-order valence-corrected chi connectivity index (χ1v) is 8.21. The zero-order valence-corrected chi connectivity index (χ0v) is 14.4. The van der Waals surface area contributed by atoms with E-state index in [4.69, 9.17) is 9.15 Å². The summed E-state index contributed by atoms with van der Waals surface area (Å²) in [6.45, 7) is 0. The van der Waals surface area contributed by atoms with Crippen LogP contribution in [0.3, 0.4) is 0 Å². The minimum Gasteiger partial charge on any atom is -0.497 e. The van der Waals surface area contributed by atoms with Gasteiger partial charge in [0.05, 0.1) is 23.8 Å². The average Bonchev–Trinajstić information content (AvgIpc) is 3.23. The van der Waals surface area contributed by atoms with Crippen molar-refractivity contribution in [1.29, 1.82) is 0 Å². The number of carbonyl (C=O) groups excluding carboxylic acids is 1. The molecule has 0 atom stereocenters. The van der Waals surface area contributed by atoms with E-state index in [1.807, 2.05) is 0 Å². The lowest BCUT2D eigenvalue weighted by molar-refractivity contribution is -0.402. The number of amides is 1. The van der Waals surface area contributed by atoms with Crippen LogP contribution in [0.25, 0.3) is 6.08 Å². The van der Waals surface area contributed by atoms with Crippen LogP contribution in [0.4, 0.5) is 11.6 Å². The van der Waals surface area contributed by atoms with Crippen LogP contribution >= 0.6 is 11.8 Å². The summed E-state index contributed by atoms with van der Waals surface area (Å²) in [5, 5.41) is 13.7. The second-order valence-electron chi connectivity index (χ2n) is 4.99. The number of allylic oxidation sites excluding steroid dienone is 2. The smallest absolute Gasteiger partial charge is 0.433 e. The topological polar surface area (TPSA) is 107 Å². The fourth-order valence-corrected chi connectivity index (χ4v) is 2.82. The molecule has 3 rings (SSSR count). The molecular weight excluding hydrogens is 358 g/mol. The molecule has 1 saturated heterocycles. The quantitative estimate of drug-likeness (QED) is 0.488. The summed E-state index contributed by atoms with van der Waals surface area (Å²) in [7, 11) is 1.58. The molecule has 1 amide bonds. The number of carbonyl (C=O) groups is 1. The Bertz CT molecular complexity index is 928. The number of nitro groups is 1. The molecule has 1 fully saturated rings. The van der Waals surface area contributed by atoms with E-state index in [1.54, 1.807) is 43.5 Å². The molecule has 1 N–H and O–H groups in total. The standard InChI is InChI=1S/C17H13N3O5S/c1-24-12-7-5-11(6-8-12)18-17-19-16(21)14(26-17)4-2-3-13-9-10-15(25-13)20(22)23/h2-10H,1H3,(H,18,19,21)/b3-2+,14-4-. The molecular formula is C17H13N3O5S. The van der Waals surface area contributed by atoms with Gasteiger partial charge in [0.2, 0.25) is 0 Å². The van der Waals surface area contributed by atoms with Crippen molar-refractivity contribution in [2.24, 2.45) is 4.99 Å². The molecule has 0 radical (unpaired) electrons.